The third-order valence-corrected chi connectivity index (χ3v) is 5.59. The summed E-state index contributed by atoms with van der Waals surface area (Å²) >= 11 is 0. The Kier molecular flexibility index (Phi) is 6.97. The summed E-state index contributed by atoms with van der Waals surface area (Å²) in [5.74, 6) is -1.10. The number of nitrogens with zero attached hydrogens (tertiary/aromatic N) is 3. The van der Waals surface area contributed by atoms with Crippen LogP contribution in [-0.2, 0) is 12.6 Å². The Morgan fingerprint density at radius 1 is 0.886 bits per heavy atom. The largest absolute Gasteiger partial charge is 0.478 e. The molecule has 0 aliphatic rings. The van der Waals surface area contributed by atoms with E-state index in [1.54, 1.807) is 12.1 Å². The first-order chi connectivity index (χ1) is 16.7. The molecule has 1 aromatic heterocycles. The summed E-state index contributed by atoms with van der Waals surface area (Å²) in [6.07, 6.45) is -0.438. The van der Waals surface area contributed by atoms with Gasteiger partial charge in [0.05, 0.1) is 23.0 Å². The zero-order valence-corrected chi connectivity index (χ0v) is 18.5. The van der Waals surface area contributed by atoms with Crippen LogP contribution in [0.2, 0.25) is 0 Å². The van der Waals surface area contributed by atoms with Gasteiger partial charge in [0.2, 0.25) is 0 Å². The summed E-state index contributed by atoms with van der Waals surface area (Å²) in [6, 6.07) is 17.2. The molecule has 180 valence electrons. The first kappa shape index (κ1) is 24.2. The fraction of sp³-hybridized carbons (Fsp3) is 0.192. The lowest BCUT2D eigenvalue weighted by Crippen LogP contribution is -2.03. The summed E-state index contributed by atoms with van der Waals surface area (Å²) in [4.78, 5) is 11.8. The van der Waals surface area contributed by atoms with Crippen LogP contribution in [0.15, 0.2) is 72.9 Å². The summed E-state index contributed by atoms with van der Waals surface area (Å²) in [6.45, 7) is 0.158. The molecule has 0 radical (unpaired) electrons. The van der Waals surface area contributed by atoms with Gasteiger partial charge in [-0.3, -0.25) is 0 Å². The van der Waals surface area contributed by atoms with Gasteiger partial charge in [0, 0.05) is 12.2 Å². The van der Waals surface area contributed by atoms with Gasteiger partial charge < -0.3 is 10.2 Å². The molecule has 9 heteroatoms. The maximum atomic E-state index is 12.8. The van der Waals surface area contributed by atoms with E-state index in [0.717, 1.165) is 42.5 Å². The second-order valence-electron chi connectivity index (χ2n) is 8.07. The molecule has 0 aliphatic heterocycles. The van der Waals surface area contributed by atoms with Gasteiger partial charge in [-0.2, -0.15) is 13.2 Å². The number of hydrogen-bond acceptors (Lipinski definition) is 4. The maximum absolute atomic E-state index is 12.8. The maximum Gasteiger partial charge on any atom is 0.416 e. The number of rotatable bonds is 8. The van der Waals surface area contributed by atoms with Gasteiger partial charge in [-0.25, -0.2) is 9.48 Å². The average molecular weight is 481 g/mol. The minimum absolute atomic E-state index is 0.0658. The number of carbonyl (C=O) groups is 1. The first-order valence-corrected chi connectivity index (χ1v) is 10.9. The Morgan fingerprint density at radius 2 is 1.57 bits per heavy atom. The molecular formula is C26H22F3N3O3. The molecule has 4 rings (SSSR count). The number of aromatic nitrogens is 3. The van der Waals surface area contributed by atoms with Gasteiger partial charge in [0.25, 0.3) is 0 Å². The minimum atomic E-state index is -4.43. The predicted octanol–water partition coefficient (Wildman–Crippen LogP) is 5.63. The monoisotopic (exact) mass is 481 g/mol. The predicted molar refractivity (Wildman–Crippen MR) is 124 cm³/mol. The van der Waals surface area contributed by atoms with E-state index >= 15 is 0 Å². The number of hydrogen-bond donors (Lipinski definition) is 2. The number of aromatic carboxylic acids is 1. The van der Waals surface area contributed by atoms with Gasteiger partial charge in [-0.1, -0.05) is 41.6 Å². The normalized spacial score (nSPS) is 11.5. The smallest absolute Gasteiger partial charge is 0.416 e. The molecule has 4 aromatic rings. The molecule has 0 spiro atoms. The number of carboxylic acids is 1. The van der Waals surface area contributed by atoms with E-state index in [9.17, 15) is 23.1 Å². The molecule has 2 N–H and O–H groups in total. The van der Waals surface area contributed by atoms with Crippen LogP contribution >= 0.6 is 0 Å². The summed E-state index contributed by atoms with van der Waals surface area (Å²) in [7, 11) is 0. The van der Waals surface area contributed by atoms with Crippen molar-refractivity contribution in [3.63, 3.8) is 0 Å². The van der Waals surface area contributed by atoms with E-state index < -0.39 is 17.7 Å². The van der Waals surface area contributed by atoms with Crippen LogP contribution in [0.25, 0.3) is 28.1 Å². The van der Waals surface area contributed by atoms with Crippen molar-refractivity contribution >= 4 is 5.97 Å². The van der Waals surface area contributed by atoms with Gasteiger partial charge in [0.1, 0.15) is 5.69 Å². The minimum Gasteiger partial charge on any atom is -0.478 e. The van der Waals surface area contributed by atoms with Crippen molar-refractivity contribution < 1.29 is 28.2 Å². The zero-order valence-electron chi connectivity index (χ0n) is 18.5. The number of halogens is 3. The molecule has 35 heavy (non-hydrogen) atoms. The van der Waals surface area contributed by atoms with Crippen molar-refractivity contribution in [3.8, 4) is 28.1 Å². The van der Waals surface area contributed by atoms with Crippen molar-refractivity contribution in [2.75, 3.05) is 6.61 Å². The van der Waals surface area contributed by atoms with Crippen LogP contribution in [0.1, 0.15) is 34.3 Å². The van der Waals surface area contributed by atoms with Gasteiger partial charge in [0.15, 0.2) is 0 Å². The number of unbranched alkanes of at least 4 members (excludes halogenated alkanes) is 1. The van der Waals surface area contributed by atoms with Crippen molar-refractivity contribution in [3.05, 3.63) is 89.6 Å². The highest BCUT2D eigenvalue weighted by atomic mass is 19.4. The number of aliphatic hydroxyl groups is 1. The lowest BCUT2D eigenvalue weighted by molar-refractivity contribution is -0.137. The Bertz CT molecular complexity index is 1310. The quantitative estimate of drug-likeness (QED) is 0.318. The molecule has 0 saturated carbocycles. The van der Waals surface area contributed by atoms with Crippen LogP contribution in [0.5, 0.6) is 0 Å². The molecular weight excluding hydrogens is 459 g/mol. The van der Waals surface area contributed by atoms with Crippen LogP contribution in [0.4, 0.5) is 13.2 Å². The van der Waals surface area contributed by atoms with E-state index in [2.05, 4.69) is 10.3 Å². The SMILES string of the molecule is O=C(O)c1cc(-c2ccc(CCCCO)cc2)cc(-n2cc(-c3ccc(C(F)(F)F)cc3)nn2)c1. The highest BCUT2D eigenvalue weighted by Gasteiger charge is 2.30. The van der Waals surface area contributed by atoms with Gasteiger partial charge in [-0.15, -0.1) is 5.10 Å². The Hall–Kier alpha value is -3.98. The Balaban J connectivity index is 1.63. The number of carboxylic acid groups (broad SMARTS) is 1. The van der Waals surface area contributed by atoms with Crippen LogP contribution in [0, 0.1) is 0 Å². The molecule has 0 aliphatic carbocycles. The molecule has 0 fully saturated rings. The van der Waals surface area contributed by atoms with Crippen LogP contribution in [-0.4, -0.2) is 37.8 Å². The van der Waals surface area contributed by atoms with E-state index in [1.807, 2.05) is 24.3 Å². The molecule has 0 amide bonds. The number of alkyl halides is 3. The third kappa shape index (κ3) is 5.75. The van der Waals surface area contributed by atoms with E-state index in [-0.39, 0.29) is 12.2 Å². The van der Waals surface area contributed by atoms with Gasteiger partial charge >= 0.3 is 12.1 Å². The molecule has 1 heterocycles. The zero-order chi connectivity index (χ0) is 25.0. The number of aryl methyl sites for hydroxylation is 1. The number of benzene rings is 3. The Morgan fingerprint density at radius 3 is 2.20 bits per heavy atom. The third-order valence-electron chi connectivity index (χ3n) is 5.59. The Labute approximate surface area is 199 Å². The van der Waals surface area contributed by atoms with E-state index in [1.165, 1.54) is 29.1 Å². The lowest BCUT2D eigenvalue weighted by Gasteiger charge is -2.09. The molecule has 0 unspecified atom stereocenters. The van der Waals surface area contributed by atoms with Crippen LogP contribution in [0.3, 0.4) is 0 Å². The van der Waals surface area contributed by atoms with E-state index in [0.29, 0.717) is 22.5 Å². The first-order valence-electron chi connectivity index (χ1n) is 10.9. The van der Waals surface area contributed by atoms with Crippen molar-refractivity contribution in [2.45, 2.75) is 25.4 Å². The summed E-state index contributed by atoms with van der Waals surface area (Å²) < 4.78 is 39.9. The molecule has 0 saturated heterocycles. The molecule has 0 bridgehead atoms. The second kappa shape index (κ2) is 10.1. The topological polar surface area (TPSA) is 88.2 Å². The lowest BCUT2D eigenvalue weighted by atomic mass is 9.99. The molecule has 6 nitrogen and oxygen atoms in total. The fourth-order valence-electron chi connectivity index (χ4n) is 3.69. The van der Waals surface area contributed by atoms with Crippen molar-refractivity contribution in [2.24, 2.45) is 0 Å². The molecule has 3 aromatic carbocycles. The van der Waals surface area contributed by atoms with Crippen molar-refractivity contribution in [1.29, 1.82) is 0 Å². The van der Waals surface area contributed by atoms with E-state index in [4.69, 9.17) is 5.11 Å². The van der Waals surface area contributed by atoms with Crippen LogP contribution < -0.4 is 0 Å². The summed E-state index contributed by atoms with van der Waals surface area (Å²) in [5, 5.41) is 26.6. The highest BCUT2D eigenvalue weighted by molar-refractivity contribution is 5.90. The standard InChI is InChI=1S/C26H22F3N3O3/c27-26(28,29)22-10-8-19(9-11-22)24-16-32(31-30-24)23-14-20(13-21(15-23)25(34)35)18-6-4-17(5-7-18)3-1-2-12-33/h4-11,13-16,33H,1-3,12H2,(H,34,35). The number of aliphatic hydroxyl groups excluding tert-OH is 1. The highest BCUT2D eigenvalue weighted by Crippen LogP contribution is 2.31. The van der Waals surface area contributed by atoms with Gasteiger partial charge in [-0.05, 0) is 66.3 Å². The van der Waals surface area contributed by atoms with Crippen molar-refractivity contribution in [1.82, 2.24) is 15.0 Å². The second-order valence-corrected chi connectivity index (χ2v) is 8.07. The average Bonchev–Trinajstić information content (AvgIpc) is 3.34. The molecule has 0 atom stereocenters. The summed E-state index contributed by atoms with van der Waals surface area (Å²) in [5.41, 5.74) is 3.19. The fourth-order valence-corrected chi connectivity index (χ4v) is 3.69.